The average Bonchev–Trinajstić information content (AvgIpc) is 2.16. The fraction of sp³-hybridized carbons (Fsp3) is 0.300. The van der Waals surface area contributed by atoms with Crippen molar-refractivity contribution in [3.8, 4) is 5.75 Å². The lowest BCUT2D eigenvalue weighted by Crippen LogP contribution is -2.08. The van der Waals surface area contributed by atoms with E-state index in [4.69, 9.17) is 4.74 Å². The predicted octanol–water partition coefficient (Wildman–Crippen LogP) is 2.19. The quantitative estimate of drug-likeness (QED) is 0.433. The van der Waals surface area contributed by atoms with Crippen molar-refractivity contribution in [2.75, 3.05) is 0 Å². The molecule has 0 bridgehead atoms. The largest absolute Gasteiger partial charge is 0.490 e. The average molecular weight is 209 g/mol. The van der Waals surface area contributed by atoms with Crippen molar-refractivity contribution in [1.29, 1.82) is 0 Å². The molecular formula is C10H11NO4. The number of nitro benzene ring substituents is 1. The highest BCUT2D eigenvalue weighted by molar-refractivity contribution is 5.85. The first kappa shape index (κ1) is 11.2. The zero-order valence-electron chi connectivity index (χ0n) is 8.47. The minimum Gasteiger partial charge on any atom is -0.490 e. The van der Waals surface area contributed by atoms with Crippen molar-refractivity contribution >= 4 is 12.0 Å². The van der Waals surface area contributed by atoms with Gasteiger partial charge in [-0.05, 0) is 19.9 Å². The van der Waals surface area contributed by atoms with E-state index in [9.17, 15) is 14.9 Å². The maximum atomic E-state index is 10.7. The van der Waals surface area contributed by atoms with Crippen LogP contribution in [0, 0.1) is 10.1 Å². The Bertz CT molecular complexity index is 387. The van der Waals surface area contributed by atoms with Gasteiger partial charge in [0.25, 0.3) is 5.69 Å². The van der Waals surface area contributed by atoms with Gasteiger partial charge in [-0.1, -0.05) is 6.07 Å². The van der Waals surface area contributed by atoms with E-state index in [0.29, 0.717) is 6.29 Å². The van der Waals surface area contributed by atoms with E-state index in [2.05, 4.69) is 0 Å². The second-order valence-electron chi connectivity index (χ2n) is 3.23. The maximum Gasteiger partial charge on any atom is 0.283 e. The van der Waals surface area contributed by atoms with Gasteiger partial charge < -0.3 is 4.74 Å². The van der Waals surface area contributed by atoms with Crippen LogP contribution in [0.5, 0.6) is 5.75 Å². The van der Waals surface area contributed by atoms with E-state index in [1.165, 1.54) is 18.2 Å². The monoisotopic (exact) mass is 209 g/mol. The molecule has 0 spiro atoms. The van der Waals surface area contributed by atoms with Crippen molar-refractivity contribution in [3.05, 3.63) is 33.9 Å². The summed E-state index contributed by atoms with van der Waals surface area (Å²) < 4.78 is 5.29. The number of nitro groups is 1. The summed E-state index contributed by atoms with van der Waals surface area (Å²) in [6, 6.07) is 4.30. The normalized spacial score (nSPS) is 10.1. The van der Waals surface area contributed by atoms with Crippen molar-refractivity contribution in [3.63, 3.8) is 0 Å². The second-order valence-corrected chi connectivity index (χ2v) is 3.23. The first-order valence-corrected chi connectivity index (χ1v) is 4.45. The number of nitrogens with zero attached hydrogens (tertiary/aromatic N) is 1. The van der Waals surface area contributed by atoms with E-state index in [-0.39, 0.29) is 23.1 Å². The molecule has 0 radical (unpaired) electrons. The number of ether oxygens (including phenoxy) is 1. The summed E-state index contributed by atoms with van der Waals surface area (Å²) in [5.74, 6) is 0.245. The number of rotatable bonds is 4. The molecule has 0 atom stereocenters. The third-order valence-corrected chi connectivity index (χ3v) is 1.72. The molecule has 0 aliphatic heterocycles. The molecule has 0 saturated heterocycles. The summed E-state index contributed by atoms with van der Waals surface area (Å²) in [6.07, 6.45) is 0.307. The zero-order valence-corrected chi connectivity index (χ0v) is 8.47. The minimum absolute atomic E-state index is 0.0174. The first-order valence-electron chi connectivity index (χ1n) is 4.45. The van der Waals surface area contributed by atoms with Crippen LogP contribution in [0.1, 0.15) is 24.2 Å². The molecule has 0 aliphatic rings. The van der Waals surface area contributed by atoms with Gasteiger partial charge in [-0.2, -0.15) is 0 Å². The molecule has 0 aliphatic carbocycles. The Morgan fingerprint density at radius 2 is 2.13 bits per heavy atom. The lowest BCUT2D eigenvalue weighted by Gasteiger charge is -2.11. The molecule has 0 N–H and O–H groups in total. The number of hydrogen-bond acceptors (Lipinski definition) is 4. The molecular weight excluding hydrogens is 198 g/mol. The third-order valence-electron chi connectivity index (χ3n) is 1.72. The molecule has 1 aromatic carbocycles. The van der Waals surface area contributed by atoms with Crippen molar-refractivity contribution < 1.29 is 14.5 Å². The van der Waals surface area contributed by atoms with Gasteiger partial charge >= 0.3 is 0 Å². The third kappa shape index (κ3) is 2.52. The van der Waals surface area contributed by atoms with Gasteiger partial charge in [-0.3, -0.25) is 14.9 Å². The standard InChI is InChI=1S/C10H11NO4/c1-7(2)15-10-5-3-4-9(11(13)14)8(10)6-12/h3-7H,1-2H3. The van der Waals surface area contributed by atoms with Gasteiger partial charge in [-0.25, -0.2) is 0 Å². The highest BCUT2D eigenvalue weighted by Gasteiger charge is 2.18. The number of carbonyl (C=O) groups excluding carboxylic acids is 1. The Morgan fingerprint density at radius 3 is 2.60 bits per heavy atom. The fourth-order valence-corrected chi connectivity index (χ4v) is 1.17. The van der Waals surface area contributed by atoms with Crippen LogP contribution in [0.3, 0.4) is 0 Å². The van der Waals surface area contributed by atoms with Crippen molar-refractivity contribution in [1.82, 2.24) is 0 Å². The van der Waals surface area contributed by atoms with Crippen LogP contribution >= 0.6 is 0 Å². The van der Waals surface area contributed by atoms with Gasteiger partial charge in [0, 0.05) is 6.07 Å². The van der Waals surface area contributed by atoms with E-state index in [0.717, 1.165) is 0 Å². The molecule has 1 rings (SSSR count). The molecule has 0 amide bonds. The Labute approximate surface area is 86.8 Å². The summed E-state index contributed by atoms with van der Waals surface area (Å²) in [6.45, 7) is 3.57. The second kappa shape index (κ2) is 4.54. The summed E-state index contributed by atoms with van der Waals surface area (Å²) in [4.78, 5) is 20.8. The van der Waals surface area contributed by atoms with Crippen LogP contribution < -0.4 is 4.74 Å². The maximum absolute atomic E-state index is 10.7. The molecule has 0 heterocycles. The van der Waals surface area contributed by atoms with E-state index < -0.39 is 4.92 Å². The molecule has 5 nitrogen and oxygen atoms in total. The smallest absolute Gasteiger partial charge is 0.283 e. The molecule has 0 saturated carbocycles. The van der Waals surface area contributed by atoms with E-state index in [1.807, 2.05) is 0 Å². The number of carbonyl (C=O) groups is 1. The molecule has 5 heteroatoms. The van der Waals surface area contributed by atoms with Crippen molar-refractivity contribution in [2.45, 2.75) is 20.0 Å². The molecule has 0 fully saturated rings. The van der Waals surface area contributed by atoms with Gasteiger partial charge in [0.15, 0.2) is 6.29 Å². The Morgan fingerprint density at radius 1 is 1.47 bits per heavy atom. The van der Waals surface area contributed by atoms with Crippen molar-refractivity contribution in [2.24, 2.45) is 0 Å². The Hall–Kier alpha value is -1.91. The van der Waals surface area contributed by atoms with Crippen LogP contribution in [0.2, 0.25) is 0 Å². The van der Waals surface area contributed by atoms with Crippen LogP contribution in [-0.4, -0.2) is 17.3 Å². The highest BCUT2D eigenvalue weighted by Crippen LogP contribution is 2.26. The predicted molar refractivity (Wildman–Crippen MR) is 54.2 cm³/mol. The van der Waals surface area contributed by atoms with Crippen LogP contribution in [0.4, 0.5) is 5.69 Å². The summed E-state index contributed by atoms with van der Waals surface area (Å²) in [7, 11) is 0. The fourth-order valence-electron chi connectivity index (χ4n) is 1.17. The number of hydrogen-bond donors (Lipinski definition) is 0. The highest BCUT2D eigenvalue weighted by atomic mass is 16.6. The Balaban J connectivity index is 3.22. The van der Waals surface area contributed by atoms with E-state index in [1.54, 1.807) is 13.8 Å². The molecule has 15 heavy (non-hydrogen) atoms. The lowest BCUT2D eigenvalue weighted by molar-refractivity contribution is -0.385. The number of benzene rings is 1. The first-order chi connectivity index (χ1) is 7.06. The lowest BCUT2D eigenvalue weighted by atomic mass is 10.2. The Kier molecular flexibility index (Phi) is 3.38. The summed E-state index contributed by atoms with van der Waals surface area (Å²) in [5.41, 5.74) is -0.251. The van der Waals surface area contributed by atoms with Crippen LogP contribution in [0.25, 0.3) is 0 Å². The van der Waals surface area contributed by atoms with Gasteiger partial charge in [0.2, 0.25) is 0 Å². The summed E-state index contributed by atoms with van der Waals surface area (Å²) >= 11 is 0. The molecule has 0 aromatic heterocycles. The molecule has 1 aromatic rings. The van der Waals surface area contributed by atoms with Gasteiger partial charge in [-0.15, -0.1) is 0 Å². The molecule has 0 unspecified atom stereocenters. The minimum atomic E-state index is -0.600. The number of aldehydes is 1. The van der Waals surface area contributed by atoms with Crippen LogP contribution in [0.15, 0.2) is 18.2 Å². The molecule has 80 valence electrons. The van der Waals surface area contributed by atoms with Gasteiger partial charge in [0.1, 0.15) is 11.3 Å². The topological polar surface area (TPSA) is 69.4 Å². The van der Waals surface area contributed by atoms with Crippen LogP contribution in [-0.2, 0) is 0 Å². The van der Waals surface area contributed by atoms with Gasteiger partial charge in [0.05, 0.1) is 11.0 Å². The summed E-state index contributed by atoms with van der Waals surface area (Å²) in [5, 5.41) is 10.6. The zero-order chi connectivity index (χ0) is 11.4. The SMILES string of the molecule is CC(C)Oc1cccc([N+](=O)[O-])c1C=O. The van der Waals surface area contributed by atoms with E-state index >= 15 is 0 Å².